The monoisotopic (exact) mass is 524 g/mol. The Labute approximate surface area is 219 Å². The van der Waals surface area contributed by atoms with Gasteiger partial charge in [0, 0.05) is 13.2 Å². The Balaban J connectivity index is 1.27. The Kier molecular flexibility index (Phi) is 7.20. The molecule has 0 bridgehead atoms. The molecule has 200 valence electrons. The molecule has 0 aromatic carbocycles. The summed E-state index contributed by atoms with van der Waals surface area (Å²) in [4.78, 5) is 31.5. The molecule has 0 saturated carbocycles. The molecule has 5 rings (SSSR count). The largest absolute Gasteiger partial charge is 0.474 e. The normalized spacial score (nSPS) is 18.3. The Hall–Kier alpha value is -4.10. The molecule has 2 aliphatic rings. The molecule has 2 aliphatic heterocycles. The molecule has 5 heterocycles. The van der Waals surface area contributed by atoms with Crippen molar-refractivity contribution in [2.45, 2.75) is 32.4 Å². The van der Waals surface area contributed by atoms with Crippen molar-refractivity contribution in [3.63, 3.8) is 0 Å². The topological polar surface area (TPSA) is 136 Å². The predicted octanol–water partition coefficient (Wildman–Crippen LogP) is 3.24. The van der Waals surface area contributed by atoms with Gasteiger partial charge in [0.25, 0.3) is 5.91 Å². The number of anilines is 6. The van der Waals surface area contributed by atoms with Crippen molar-refractivity contribution < 1.29 is 23.4 Å². The first-order valence-electron chi connectivity index (χ1n) is 12.3. The minimum atomic E-state index is -1.01. The van der Waals surface area contributed by atoms with Gasteiger partial charge in [-0.1, -0.05) is 0 Å². The van der Waals surface area contributed by atoms with Crippen LogP contribution in [0, 0.1) is 5.82 Å². The van der Waals surface area contributed by atoms with Crippen LogP contribution < -0.4 is 25.6 Å². The quantitative estimate of drug-likeness (QED) is 0.401. The zero-order valence-corrected chi connectivity index (χ0v) is 21.3. The van der Waals surface area contributed by atoms with Crippen LogP contribution in [-0.4, -0.2) is 70.5 Å². The molecular formula is C25H29FN8O4. The summed E-state index contributed by atoms with van der Waals surface area (Å²) < 4.78 is 31.4. The van der Waals surface area contributed by atoms with E-state index in [2.05, 4.69) is 40.8 Å². The molecule has 0 radical (unpaired) electrons. The Morgan fingerprint density at radius 3 is 2.84 bits per heavy atom. The molecule has 1 amide bonds. The number of ether oxygens (including phenoxy) is 3. The third-order valence-corrected chi connectivity index (χ3v) is 6.03. The predicted molar refractivity (Wildman–Crippen MR) is 139 cm³/mol. The zero-order chi connectivity index (χ0) is 26.7. The number of nitrogens with one attached hydrogen (secondary N) is 3. The van der Waals surface area contributed by atoms with Crippen molar-refractivity contribution in [1.29, 1.82) is 0 Å². The summed E-state index contributed by atoms with van der Waals surface area (Å²) in [6.07, 6.45) is 2.72. The van der Waals surface area contributed by atoms with E-state index >= 15 is 0 Å². The molecular weight excluding hydrogens is 495 g/mol. The number of hydrogen-bond donors (Lipinski definition) is 3. The van der Waals surface area contributed by atoms with Gasteiger partial charge in [0.15, 0.2) is 28.8 Å². The number of nitrogens with zero attached hydrogens (tertiary/aromatic N) is 5. The van der Waals surface area contributed by atoms with E-state index in [4.69, 9.17) is 14.2 Å². The molecule has 3 N–H and O–H groups in total. The fraction of sp³-hybridized carbons (Fsp3) is 0.400. The van der Waals surface area contributed by atoms with Crippen molar-refractivity contribution >= 4 is 40.8 Å². The van der Waals surface area contributed by atoms with Gasteiger partial charge in [-0.3, -0.25) is 4.79 Å². The minimum Gasteiger partial charge on any atom is -0.474 e. The van der Waals surface area contributed by atoms with E-state index in [1.807, 2.05) is 19.1 Å². The highest BCUT2D eigenvalue weighted by atomic mass is 19.1. The summed E-state index contributed by atoms with van der Waals surface area (Å²) in [7, 11) is 0. The summed E-state index contributed by atoms with van der Waals surface area (Å²) in [6, 6.07) is 7.08. The second-order valence-corrected chi connectivity index (χ2v) is 9.24. The fourth-order valence-corrected chi connectivity index (χ4v) is 4.01. The molecule has 0 aliphatic carbocycles. The smallest absolute Gasteiger partial charge is 0.269 e. The molecule has 13 heteroatoms. The van der Waals surface area contributed by atoms with Crippen LogP contribution in [0.25, 0.3) is 0 Å². The molecule has 3 aromatic heterocycles. The number of amides is 1. The minimum absolute atomic E-state index is 0.0880. The van der Waals surface area contributed by atoms with Crippen LogP contribution >= 0.6 is 0 Å². The third-order valence-electron chi connectivity index (χ3n) is 6.03. The van der Waals surface area contributed by atoms with Crippen molar-refractivity contribution in [1.82, 2.24) is 19.9 Å². The van der Waals surface area contributed by atoms with Crippen LogP contribution in [0.4, 0.5) is 39.3 Å². The lowest BCUT2D eigenvalue weighted by Gasteiger charge is -2.36. The van der Waals surface area contributed by atoms with Crippen LogP contribution in [0.3, 0.4) is 0 Å². The van der Waals surface area contributed by atoms with E-state index in [1.165, 1.54) is 0 Å². The van der Waals surface area contributed by atoms with Crippen LogP contribution in [-0.2, 0) is 14.3 Å². The standard InChI is InChI=1S/C25H29FN8O4/c1-4-36-13-16-14-37-10-9-34(16)20-8-5-15(11-27-20)29-24-28-12-17(26)21(33-24)30-19-7-6-18-22(31-19)32-23(35)25(2,3)38-18/h5-8,11-12,16H,4,9-10,13-14H2,1-3H3,(H3,28,29,30,31,32,33,35). The summed E-state index contributed by atoms with van der Waals surface area (Å²) in [5, 5.41) is 8.57. The van der Waals surface area contributed by atoms with Gasteiger partial charge >= 0.3 is 0 Å². The first kappa shape index (κ1) is 25.5. The lowest BCUT2D eigenvalue weighted by Crippen LogP contribution is -2.48. The average molecular weight is 525 g/mol. The zero-order valence-electron chi connectivity index (χ0n) is 21.3. The van der Waals surface area contributed by atoms with E-state index in [-0.39, 0.29) is 35.4 Å². The molecule has 12 nitrogen and oxygen atoms in total. The molecule has 0 spiro atoms. The Bertz CT molecular complexity index is 1310. The van der Waals surface area contributed by atoms with E-state index in [9.17, 15) is 9.18 Å². The highest BCUT2D eigenvalue weighted by molar-refractivity contribution is 5.99. The van der Waals surface area contributed by atoms with Gasteiger partial charge in [-0.25, -0.2) is 19.3 Å². The molecule has 1 fully saturated rings. The van der Waals surface area contributed by atoms with Crippen LogP contribution in [0.1, 0.15) is 20.8 Å². The number of carbonyl (C=O) groups excluding carboxylic acids is 1. The maximum atomic E-state index is 14.5. The Morgan fingerprint density at radius 1 is 1.18 bits per heavy atom. The van der Waals surface area contributed by atoms with Gasteiger partial charge in [0.05, 0.1) is 43.9 Å². The van der Waals surface area contributed by atoms with Gasteiger partial charge in [0.1, 0.15) is 11.6 Å². The summed E-state index contributed by atoms with van der Waals surface area (Å²) in [6.45, 7) is 8.41. The summed E-state index contributed by atoms with van der Waals surface area (Å²) >= 11 is 0. The number of aromatic nitrogens is 4. The molecule has 1 saturated heterocycles. The molecule has 3 aromatic rings. The number of carbonyl (C=O) groups is 1. The van der Waals surface area contributed by atoms with Gasteiger partial charge in [-0.2, -0.15) is 4.98 Å². The maximum Gasteiger partial charge on any atom is 0.269 e. The lowest BCUT2D eigenvalue weighted by atomic mass is 10.1. The van der Waals surface area contributed by atoms with Gasteiger partial charge in [0.2, 0.25) is 5.95 Å². The van der Waals surface area contributed by atoms with Crippen molar-refractivity contribution in [2.24, 2.45) is 0 Å². The first-order chi connectivity index (χ1) is 18.3. The summed E-state index contributed by atoms with van der Waals surface area (Å²) in [5.41, 5.74) is -0.376. The lowest BCUT2D eigenvalue weighted by molar-refractivity contribution is -0.129. The SMILES string of the molecule is CCOCC1COCCN1c1ccc(Nc2ncc(F)c(Nc3ccc4c(n3)NC(=O)C(C)(C)O4)n2)cn1. The third kappa shape index (κ3) is 5.58. The second-order valence-electron chi connectivity index (χ2n) is 9.24. The van der Waals surface area contributed by atoms with Crippen molar-refractivity contribution in [3.8, 4) is 5.75 Å². The molecule has 1 unspecified atom stereocenters. The number of morpholine rings is 1. The number of hydrogen-bond acceptors (Lipinski definition) is 11. The van der Waals surface area contributed by atoms with Gasteiger partial charge in [-0.05, 0) is 45.0 Å². The van der Waals surface area contributed by atoms with Crippen LogP contribution in [0.2, 0.25) is 0 Å². The van der Waals surface area contributed by atoms with E-state index in [0.29, 0.717) is 37.9 Å². The Morgan fingerprint density at radius 2 is 2.05 bits per heavy atom. The summed E-state index contributed by atoms with van der Waals surface area (Å²) in [5.74, 6) is 0.823. The number of fused-ring (bicyclic) bond motifs is 1. The fourth-order valence-electron chi connectivity index (χ4n) is 4.01. The van der Waals surface area contributed by atoms with Gasteiger partial charge in [-0.15, -0.1) is 0 Å². The maximum absolute atomic E-state index is 14.5. The molecule has 1 atom stereocenters. The highest BCUT2D eigenvalue weighted by Crippen LogP contribution is 2.33. The number of rotatable bonds is 8. The van der Waals surface area contributed by atoms with Crippen LogP contribution in [0.15, 0.2) is 36.7 Å². The van der Waals surface area contributed by atoms with Crippen molar-refractivity contribution in [2.75, 3.05) is 53.8 Å². The van der Waals surface area contributed by atoms with Crippen LogP contribution in [0.5, 0.6) is 5.75 Å². The van der Waals surface area contributed by atoms with E-state index < -0.39 is 11.4 Å². The number of halogens is 1. The first-order valence-corrected chi connectivity index (χ1v) is 12.3. The second kappa shape index (κ2) is 10.7. The van der Waals surface area contributed by atoms with Crippen molar-refractivity contribution in [3.05, 3.63) is 42.5 Å². The van der Waals surface area contributed by atoms with E-state index in [0.717, 1.165) is 18.6 Å². The van der Waals surface area contributed by atoms with Gasteiger partial charge < -0.3 is 35.1 Å². The number of pyridine rings is 2. The highest BCUT2D eigenvalue weighted by Gasteiger charge is 2.36. The molecule has 38 heavy (non-hydrogen) atoms. The van der Waals surface area contributed by atoms with E-state index in [1.54, 1.807) is 32.2 Å². The average Bonchev–Trinajstić information content (AvgIpc) is 2.91.